The number of carbonyl (C=O) groups excluding carboxylic acids is 2. The van der Waals surface area contributed by atoms with E-state index in [0.717, 1.165) is 35.1 Å². The summed E-state index contributed by atoms with van der Waals surface area (Å²) in [5.41, 5.74) is 4.51. The highest BCUT2D eigenvalue weighted by Crippen LogP contribution is 2.43. The first kappa shape index (κ1) is 30.4. The number of hydrogen-bond acceptors (Lipinski definition) is 7. The number of ether oxygens (including phenoxy) is 1. The molecule has 45 heavy (non-hydrogen) atoms. The number of amides is 2. The topological polar surface area (TPSA) is 127 Å². The Balaban J connectivity index is 1.31. The fourth-order valence-corrected chi connectivity index (χ4v) is 6.44. The number of methoxy groups -OCH3 is 1. The Morgan fingerprint density at radius 2 is 1.93 bits per heavy atom. The van der Waals surface area contributed by atoms with Crippen molar-refractivity contribution in [3.63, 3.8) is 0 Å². The average Bonchev–Trinajstić information content (AvgIpc) is 3.64. The third-order valence-electron chi connectivity index (χ3n) is 8.48. The predicted molar refractivity (Wildman–Crippen MR) is 169 cm³/mol. The number of anilines is 1. The number of carbonyl (C=O) groups is 2. The van der Waals surface area contributed by atoms with Gasteiger partial charge in [-0.15, -0.1) is 0 Å². The number of rotatable bonds is 8. The monoisotopic (exact) mass is 630 g/mol. The second-order valence-corrected chi connectivity index (χ2v) is 11.7. The Kier molecular flexibility index (Phi) is 8.39. The molecule has 6 rings (SSSR count). The van der Waals surface area contributed by atoms with Crippen LogP contribution in [0.2, 0.25) is 5.02 Å². The Hall–Kier alpha value is -4.61. The number of aryl methyl sites for hydroxylation is 2. The van der Waals surface area contributed by atoms with Crippen LogP contribution in [-0.2, 0) is 18.3 Å². The van der Waals surface area contributed by atoms with Gasteiger partial charge in [0.15, 0.2) is 0 Å². The molecule has 2 atom stereocenters. The van der Waals surface area contributed by atoms with Gasteiger partial charge in [-0.3, -0.25) is 14.4 Å². The van der Waals surface area contributed by atoms with Crippen LogP contribution in [0.4, 0.5) is 10.1 Å². The number of hydrogen-bond donors (Lipinski definition) is 3. The summed E-state index contributed by atoms with van der Waals surface area (Å²) in [6.07, 6.45) is 4.41. The third kappa shape index (κ3) is 5.93. The van der Waals surface area contributed by atoms with Crippen molar-refractivity contribution in [2.45, 2.75) is 44.7 Å². The molecule has 4 aromatic rings. The third-order valence-corrected chi connectivity index (χ3v) is 8.89. The number of nitrogens with one attached hydrogen (secondary N) is 3. The summed E-state index contributed by atoms with van der Waals surface area (Å²) in [5.74, 6) is -0.664. The molecule has 12 heteroatoms. The Bertz CT molecular complexity index is 1890. The van der Waals surface area contributed by atoms with Crippen LogP contribution in [-0.4, -0.2) is 46.3 Å². The van der Waals surface area contributed by atoms with Crippen LogP contribution in [0.3, 0.4) is 0 Å². The molecule has 3 heterocycles. The molecular weight excluding hydrogens is 599 g/mol. The van der Waals surface area contributed by atoms with Crippen molar-refractivity contribution in [2.75, 3.05) is 19.0 Å². The molecule has 1 saturated heterocycles. The zero-order valence-corrected chi connectivity index (χ0v) is 25.8. The molecular formula is C33H32ClFN6O4. The minimum Gasteiger partial charge on any atom is -0.481 e. The van der Waals surface area contributed by atoms with Crippen LogP contribution in [0.15, 0.2) is 53.5 Å². The van der Waals surface area contributed by atoms with Crippen molar-refractivity contribution in [1.82, 2.24) is 25.4 Å². The standard InChI is InChI=1S/C33H32ClFN6O4/c1-17-24(14-19(35)15-26(17)39-31(43)23-11-12-37-41(2)33(23)44)21-5-4-6-22(30(21)34)27-13-18-7-9-25(29(18)32(40-27)45-3)36-16-20-8-10-28(42)38-20/h4-6,11-15,20,25,36H,7-10,16H2,1-3H3,(H,38,42)(H,39,43)/t20-,25-/m0/s1. The van der Waals surface area contributed by atoms with Gasteiger partial charge in [-0.25, -0.2) is 14.1 Å². The van der Waals surface area contributed by atoms with E-state index in [9.17, 15) is 18.8 Å². The van der Waals surface area contributed by atoms with Gasteiger partial charge in [-0.1, -0.05) is 29.8 Å². The van der Waals surface area contributed by atoms with Gasteiger partial charge in [0.1, 0.15) is 11.4 Å². The fraction of sp³-hybridized carbons (Fsp3) is 0.303. The summed E-state index contributed by atoms with van der Waals surface area (Å²) >= 11 is 7.02. The smallest absolute Gasteiger partial charge is 0.279 e. The van der Waals surface area contributed by atoms with Crippen LogP contribution in [0.1, 0.15) is 52.4 Å². The predicted octanol–water partition coefficient (Wildman–Crippen LogP) is 4.73. The van der Waals surface area contributed by atoms with Crippen LogP contribution >= 0.6 is 11.6 Å². The van der Waals surface area contributed by atoms with E-state index in [1.807, 2.05) is 18.2 Å². The lowest BCUT2D eigenvalue weighted by Crippen LogP contribution is -2.36. The molecule has 10 nitrogen and oxygen atoms in total. The van der Waals surface area contributed by atoms with Crippen molar-refractivity contribution in [3.05, 3.63) is 92.1 Å². The van der Waals surface area contributed by atoms with Crippen LogP contribution in [0, 0.1) is 12.7 Å². The molecule has 0 radical (unpaired) electrons. The number of aromatic nitrogens is 3. The average molecular weight is 631 g/mol. The number of benzene rings is 2. The molecule has 2 aromatic carbocycles. The summed E-state index contributed by atoms with van der Waals surface area (Å²) in [4.78, 5) is 41.8. The highest BCUT2D eigenvalue weighted by Gasteiger charge is 2.30. The molecule has 0 bridgehead atoms. The maximum atomic E-state index is 15.0. The fourth-order valence-electron chi connectivity index (χ4n) is 6.11. The van der Waals surface area contributed by atoms with E-state index in [1.165, 1.54) is 31.4 Å². The first-order valence-electron chi connectivity index (χ1n) is 14.7. The minimum absolute atomic E-state index is 0.0479. The maximum Gasteiger partial charge on any atom is 0.279 e. The van der Waals surface area contributed by atoms with Crippen molar-refractivity contribution in [1.29, 1.82) is 0 Å². The van der Waals surface area contributed by atoms with Gasteiger partial charge in [-0.05, 0) is 67.1 Å². The van der Waals surface area contributed by atoms with Crippen molar-refractivity contribution < 1.29 is 18.7 Å². The van der Waals surface area contributed by atoms with Crippen molar-refractivity contribution >= 4 is 29.1 Å². The SMILES string of the molecule is COc1nc(-c2cccc(-c3cc(F)cc(NC(=O)c4ccnn(C)c4=O)c3C)c2Cl)cc2c1[C@@H](NC[C@@H]1CCC(=O)N1)CC2. The van der Waals surface area contributed by atoms with Crippen LogP contribution < -0.4 is 26.2 Å². The molecule has 2 aliphatic rings. The summed E-state index contributed by atoms with van der Waals surface area (Å²) < 4.78 is 21.8. The molecule has 0 saturated carbocycles. The van der Waals surface area contributed by atoms with Gasteiger partial charge in [0.25, 0.3) is 11.5 Å². The quantitative estimate of drug-likeness (QED) is 0.257. The first-order chi connectivity index (χ1) is 21.6. The van der Waals surface area contributed by atoms with Crippen molar-refractivity contribution in [2.24, 2.45) is 7.05 Å². The first-order valence-corrected chi connectivity index (χ1v) is 15.1. The van der Waals surface area contributed by atoms with E-state index in [4.69, 9.17) is 21.3 Å². The summed E-state index contributed by atoms with van der Waals surface area (Å²) in [6.45, 7) is 2.42. The van der Waals surface area contributed by atoms with Gasteiger partial charge < -0.3 is 20.7 Å². The van der Waals surface area contributed by atoms with Crippen LogP contribution in [0.25, 0.3) is 22.4 Å². The summed E-state index contributed by atoms with van der Waals surface area (Å²) in [6, 6.07) is 11.5. The zero-order chi connectivity index (χ0) is 31.8. The largest absolute Gasteiger partial charge is 0.481 e. The number of pyridine rings is 1. The zero-order valence-electron chi connectivity index (χ0n) is 25.0. The molecule has 0 spiro atoms. The molecule has 3 N–H and O–H groups in total. The van der Waals surface area contributed by atoms with Gasteiger partial charge in [0.2, 0.25) is 11.8 Å². The molecule has 1 aliphatic carbocycles. The number of fused-ring (bicyclic) bond motifs is 1. The van der Waals surface area contributed by atoms with E-state index in [2.05, 4.69) is 21.0 Å². The lowest BCUT2D eigenvalue weighted by atomic mass is 9.95. The second-order valence-electron chi connectivity index (χ2n) is 11.3. The van der Waals surface area contributed by atoms with Gasteiger partial charge in [-0.2, -0.15) is 5.10 Å². The molecule has 2 amide bonds. The van der Waals surface area contributed by atoms with Gasteiger partial charge in [0.05, 0.1) is 17.8 Å². The lowest BCUT2D eigenvalue weighted by Gasteiger charge is -2.20. The Labute approximate surface area is 264 Å². The van der Waals surface area contributed by atoms with E-state index in [0.29, 0.717) is 51.8 Å². The molecule has 1 fully saturated rings. The normalized spacial score (nSPS) is 17.2. The van der Waals surface area contributed by atoms with E-state index >= 15 is 0 Å². The number of halogens is 2. The lowest BCUT2D eigenvalue weighted by molar-refractivity contribution is -0.119. The Morgan fingerprint density at radius 3 is 2.69 bits per heavy atom. The second kappa shape index (κ2) is 12.4. The highest BCUT2D eigenvalue weighted by molar-refractivity contribution is 6.36. The summed E-state index contributed by atoms with van der Waals surface area (Å²) in [5, 5.41) is 13.4. The van der Waals surface area contributed by atoms with E-state index < -0.39 is 17.3 Å². The molecule has 1 aliphatic heterocycles. The van der Waals surface area contributed by atoms with Crippen molar-refractivity contribution in [3.8, 4) is 28.3 Å². The highest BCUT2D eigenvalue weighted by atomic mass is 35.5. The number of nitrogens with zero attached hydrogens (tertiary/aromatic N) is 3. The minimum atomic E-state index is -0.673. The van der Waals surface area contributed by atoms with Gasteiger partial charge in [0, 0.05) is 60.7 Å². The van der Waals surface area contributed by atoms with Crippen LogP contribution in [0.5, 0.6) is 5.88 Å². The molecule has 0 unspecified atom stereocenters. The maximum absolute atomic E-state index is 15.0. The van der Waals surface area contributed by atoms with E-state index in [1.54, 1.807) is 20.1 Å². The molecule has 2 aromatic heterocycles. The van der Waals surface area contributed by atoms with E-state index in [-0.39, 0.29) is 29.2 Å². The summed E-state index contributed by atoms with van der Waals surface area (Å²) in [7, 11) is 3.03. The molecule has 232 valence electrons. The van der Waals surface area contributed by atoms with Gasteiger partial charge >= 0.3 is 0 Å². The Morgan fingerprint density at radius 1 is 1.13 bits per heavy atom.